The minimum absolute atomic E-state index is 0.158. The summed E-state index contributed by atoms with van der Waals surface area (Å²) in [6.07, 6.45) is 8.05. The van der Waals surface area contributed by atoms with Gasteiger partial charge >= 0.3 is 0 Å². The second-order valence-electron chi connectivity index (χ2n) is 11.5. The van der Waals surface area contributed by atoms with E-state index in [9.17, 15) is 9.59 Å². The van der Waals surface area contributed by atoms with Crippen molar-refractivity contribution in [2.24, 2.45) is 0 Å². The van der Waals surface area contributed by atoms with Gasteiger partial charge in [-0.1, -0.05) is 0 Å². The van der Waals surface area contributed by atoms with Crippen molar-refractivity contribution in [1.82, 2.24) is 25.2 Å². The van der Waals surface area contributed by atoms with Gasteiger partial charge in [-0.05, 0) is 102 Å². The fraction of sp³-hybridized carbons (Fsp3) is 0.515. The summed E-state index contributed by atoms with van der Waals surface area (Å²) in [5.41, 5.74) is 6.40. The summed E-state index contributed by atoms with van der Waals surface area (Å²) < 4.78 is 5.29. The Morgan fingerprint density at radius 2 is 1.69 bits per heavy atom. The third-order valence-corrected chi connectivity index (χ3v) is 8.69. The minimum Gasteiger partial charge on any atom is -0.383 e. The number of aromatic amines is 1. The largest absolute Gasteiger partial charge is 0.383 e. The first-order valence-electron chi connectivity index (χ1n) is 15.0. The van der Waals surface area contributed by atoms with Crippen molar-refractivity contribution in [1.29, 1.82) is 0 Å². The van der Waals surface area contributed by atoms with Crippen LogP contribution in [0.2, 0.25) is 0 Å². The summed E-state index contributed by atoms with van der Waals surface area (Å²) in [7, 11) is 3.94. The summed E-state index contributed by atoms with van der Waals surface area (Å²) in [6.45, 7) is 12.5. The number of hydrogen-bond donors (Lipinski definition) is 2. The Kier molecular flexibility index (Phi) is 10.5. The zero-order chi connectivity index (χ0) is 30.4. The van der Waals surface area contributed by atoms with Crippen LogP contribution in [0.1, 0.15) is 71.2 Å². The Bertz CT molecular complexity index is 1430. The molecule has 1 fully saturated rings. The summed E-state index contributed by atoms with van der Waals surface area (Å²) in [5, 5.41) is 3.02. The molecule has 0 spiro atoms. The van der Waals surface area contributed by atoms with Gasteiger partial charge in [0.15, 0.2) is 0 Å². The number of hydrogen-bond acceptors (Lipinski definition) is 7. The van der Waals surface area contributed by atoms with Crippen LogP contribution >= 0.6 is 0 Å². The number of amides is 1. The van der Waals surface area contributed by atoms with Crippen molar-refractivity contribution in [3.63, 3.8) is 0 Å². The second-order valence-corrected chi connectivity index (χ2v) is 11.5. The van der Waals surface area contributed by atoms with Gasteiger partial charge in [0, 0.05) is 79.3 Å². The Morgan fingerprint density at radius 1 is 1.02 bits per heavy atom. The number of pyridine rings is 1. The van der Waals surface area contributed by atoms with Crippen molar-refractivity contribution in [2.45, 2.75) is 78.9 Å². The number of nitrogens with one attached hydrogen (secondary N) is 2. The number of aryl methyl sites for hydroxylation is 3. The Labute approximate surface area is 249 Å². The summed E-state index contributed by atoms with van der Waals surface area (Å²) in [6, 6.07) is 6.96. The van der Waals surface area contributed by atoms with Gasteiger partial charge in [-0.2, -0.15) is 0 Å². The number of likely N-dealkylation sites (N-methyl/N-ethyl adjacent to an activating group) is 1. The molecule has 9 nitrogen and oxygen atoms in total. The van der Waals surface area contributed by atoms with Gasteiger partial charge in [0.05, 0.1) is 6.61 Å². The first kappa shape index (κ1) is 31.4. The number of methoxy groups -OCH3 is 1. The lowest BCUT2D eigenvalue weighted by Gasteiger charge is -2.41. The number of rotatable bonds is 11. The highest BCUT2D eigenvalue weighted by atomic mass is 16.5. The van der Waals surface area contributed by atoms with Crippen molar-refractivity contribution in [3.8, 4) is 11.1 Å². The van der Waals surface area contributed by atoms with Crippen LogP contribution in [0, 0.1) is 27.7 Å². The van der Waals surface area contributed by atoms with Crippen LogP contribution in [0.4, 0.5) is 5.69 Å². The van der Waals surface area contributed by atoms with E-state index in [4.69, 9.17) is 4.74 Å². The first-order chi connectivity index (χ1) is 20.1. The highest BCUT2D eigenvalue weighted by molar-refractivity contribution is 5.98. The number of ether oxygens (including phenoxy) is 1. The molecule has 1 aliphatic carbocycles. The molecule has 1 saturated carbocycles. The summed E-state index contributed by atoms with van der Waals surface area (Å²) >= 11 is 0. The number of carbonyl (C=O) groups excluding carboxylic acids is 1. The fourth-order valence-electron chi connectivity index (χ4n) is 6.16. The maximum Gasteiger partial charge on any atom is 0.253 e. The molecule has 0 saturated heterocycles. The molecule has 2 heterocycles. The first-order valence-corrected chi connectivity index (χ1v) is 15.0. The predicted molar refractivity (Wildman–Crippen MR) is 168 cm³/mol. The lowest BCUT2D eigenvalue weighted by Crippen LogP contribution is -2.44. The normalized spacial score (nSPS) is 17.0. The quantitative estimate of drug-likeness (QED) is 0.342. The average molecular weight is 575 g/mol. The Morgan fingerprint density at radius 3 is 2.31 bits per heavy atom. The van der Waals surface area contributed by atoms with Crippen LogP contribution in [0.15, 0.2) is 35.4 Å². The van der Waals surface area contributed by atoms with E-state index in [2.05, 4.69) is 50.1 Å². The van der Waals surface area contributed by atoms with Gasteiger partial charge in [0.25, 0.3) is 11.5 Å². The summed E-state index contributed by atoms with van der Waals surface area (Å²) in [4.78, 5) is 42.8. The maximum atomic E-state index is 13.7. The van der Waals surface area contributed by atoms with Gasteiger partial charge in [0.1, 0.15) is 5.82 Å². The molecule has 0 unspecified atom stereocenters. The van der Waals surface area contributed by atoms with Crippen molar-refractivity contribution >= 4 is 11.6 Å². The average Bonchev–Trinajstić information content (AvgIpc) is 2.97. The number of carbonyl (C=O) groups is 1. The number of aromatic nitrogens is 3. The van der Waals surface area contributed by atoms with E-state index in [-0.39, 0.29) is 18.0 Å². The molecule has 2 aromatic heterocycles. The molecule has 0 aliphatic heterocycles. The zero-order valence-corrected chi connectivity index (χ0v) is 26.2. The van der Waals surface area contributed by atoms with E-state index >= 15 is 0 Å². The van der Waals surface area contributed by atoms with Gasteiger partial charge in [-0.3, -0.25) is 9.59 Å². The van der Waals surface area contributed by atoms with Gasteiger partial charge in [-0.15, -0.1) is 0 Å². The molecule has 0 bridgehead atoms. The van der Waals surface area contributed by atoms with Crippen LogP contribution in [0.5, 0.6) is 0 Å². The van der Waals surface area contributed by atoms with Crippen molar-refractivity contribution < 1.29 is 9.53 Å². The van der Waals surface area contributed by atoms with Crippen LogP contribution in [0.25, 0.3) is 11.1 Å². The fourth-order valence-corrected chi connectivity index (χ4v) is 6.16. The van der Waals surface area contributed by atoms with E-state index in [1.165, 1.54) is 0 Å². The van der Waals surface area contributed by atoms with Gasteiger partial charge < -0.3 is 24.8 Å². The second kappa shape index (κ2) is 14.1. The van der Waals surface area contributed by atoms with Crippen LogP contribution < -0.4 is 15.8 Å². The standard InChI is InChI=1S/C33H46N6O3/c1-8-39(28-11-9-27(10-12-28)38(6)13-14-42-7)31-17-25(26-18-34-24(5)35-19-26)16-29(23(31)4)32(40)36-20-30-21(2)15-22(3)37-33(30)41/h15-19,27-28H,8-14,20H2,1-7H3,(H,36,40)(H,37,41). The number of nitrogens with zero attached hydrogens (tertiary/aromatic N) is 4. The van der Waals surface area contributed by atoms with Crippen molar-refractivity contribution in [2.75, 3.05) is 38.8 Å². The zero-order valence-electron chi connectivity index (χ0n) is 26.2. The number of benzene rings is 1. The van der Waals surface area contributed by atoms with Crippen LogP contribution in [0.3, 0.4) is 0 Å². The minimum atomic E-state index is -0.206. The monoisotopic (exact) mass is 574 g/mol. The Balaban J connectivity index is 1.64. The molecule has 4 rings (SSSR count). The molecule has 0 atom stereocenters. The van der Waals surface area contributed by atoms with E-state index < -0.39 is 0 Å². The molecule has 0 radical (unpaired) electrons. The third kappa shape index (κ3) is 7.25. The van der Waals surface area contributed by atoms with Gasteiger partial charge in [-0.25, -0.2) is 9.97 Å². The van der Waals surface area contributed by atoms with E-state index in [0.29, 0.717) is 29.0 Å². The molecule has 226 valence electrons. The SMILES string of the molecule is CCN(c1cc(-c2cnc(C)nc2)cc(C(=O)NCc2c(C)cc(C)[nH]c2=O)c1C)C1CCC(N(C)CCOC)CC1. The Hall–Kier alpha value is -3.56. The van der Waals surface area contributed by atoms with E-state index in [1.54, 1.807) is 7.11 Å². The maximum absolute atomic E-state index is 13.7. The van der Waals surface area contributed by atoms with E-state index in [0.717, 1.165) is 79.0 Å². The summed E-state index contributed by atoms with van der Waals surface area (Å²) in [5.74, 6) is 0.493. The topological polar surface area (TPSA) is 103 Å². The lowest BCUT2D eigenvalue weighted by atomic mass is 9.88. The third-order valence-electron chi connectivity index (χ3n) is 8.69. The smallest absolute Gasteiger partial charge is 0.253 e. The molecular formula is C33H46N6O3. The van der Waals surface area contributed by atoms with Gasteiger partial charge in [0.2, 0.25) is 0 Å². The molecule has 2 N–H and O–H groups in total. The molecular weight excluding hydrogens is 528 g/mol. The number of anilines is 1. The number of H-pyrrole nitrogens is 1. The van der Waals surface area contributed by atoms with Crippen molar-refractivity contribution in [3.05, 3.63) is 74.7 Å². The highest BCUT2D eigenvalue weighted by Gasteiger charge is 2.29. The lowest BCUT2D eigenvalue weighted by molar-refractivity contribution is 0.0950. The van der Waals surface area contributed by atoms with E-state index in [1.807, 2.05) is 52.2 Å². The molecule has 1 aliphatic rings. The molecule has 3 aromatic rings. The molecule has 1 amide bonds. The molecule has 1 aromatic carbocycles. The predicted octanol–water partition coefficient (Wildman–Crippen LogP) is 4.71. The molecule has 9 heteroatoms. The molecule has 42 heavy (non-hydrogen) atoms. The van der Waals surface area contributed by atoms with Crippen LogP contribution in [-0.2, 0) is 11.3 Å². The highest BCUT2D eigenvalue weighted by Crippen LogP contribution is 2.35. The van der Waals surface area contributed by atoms with Crippen LogP contribution in [-0.4, -0.2) is 71.7 Å².